The molecule has 4 aliphatic carbocycles. The molecule has 2 spiro atoms. The van der Waals surface area contributed by atoms with Crippen LogP contribution in [0.1, 0.15) is 99.2 Å². The molecule has 1 aromatic heterocycles. The van der Waals surface area contributed by atoms with Crippen LogP contribution in [0.5, 0.6) is 0 Å². The summed E-state index contributed by atoms with van der Waals surface area (Å²) in [5, 5.41) is 28.4. The van der Waals surface area contributed by atoms with Crippen LogP contribution in [-0.4, -0.2) is 105 Å². The van der Waals surface area contributed by atoms with E-state index in [1.807, 2.05) is 0 Å². The number of esters is 6. The second kappa shape index (κ2) is 11.8. The lowest BCUT2D eigenvalue weighted by molar-refractivity contribution is -0.449. The minimum Gasteiger partial charge on any atom is -0.472 e. The molecule has 3 saturated heterocycles. The van der Waals surface area contributed by atoms with E-state index in [9.17, 15) is 39.0 Å². The van der Waals surface area contributed by atoms with E-state index in [2.05, 4.69) is 0 Å². The van der Waals surface area contributed by atoms with Crippen LogP contribution in [0.4, 0.5) is 0 Å². The van der Waals surface area contributed by atoms with E-state index >= 15 is 0 Å². The third kappa shape index (κ3) is 4.09. The molecule has 2 N–H and O–H groups in total. The largest absolute Gasteiger partial charge is 0.472 e. The lowest BCUT2D eigenvalue weighted by Gasteiger charge is -2.77. The second-order valence-electron chi connectivity index (χ2n) is 17.2. The standard InChI is InChI=1S/C39H48O17/c1-9-25(44)53-28-29(51-19(4)41)39(47)35-17-49-26(45)13-23(35)32(7)16-36(35,46)38(54-21(6)43,30(32)52-20(5)42)31-37(39)24(14-34(10-2,55-31)56-37)33(28,8)27(50-18(3)40)22-11-12-48-15-22/h11-12,15,23-24,27-31,46-47H,9-10,13-14,16-17H2,1-8H3/t23-,24+,27-,28-,29+,30-,31-,32+,33+,34?,35+,36+,37+,38-,39-/m0/s1. The first-order chi connectivity index (χ1) is 26.2. The van der Waals surface area contributed by atoms with Gasteiger partial charge in [-0.05, 0) is 24.8 Å². The van der Waals surface area contributed by atoms with Crippen molar-refractivity contribution in [2.45, 2.75) is 146 Å². The van der Waals surface area contributed by atoms with Gasteiger partial charge in [-0.3, -0.25) is 28.8 Å². The third-order valence-electron chi connectivity index (χ3n) is 14.7. The van der Waals surface area contributed by atoms with Crippen molar-refractivity contribution in [3.8, 4) is 0 Å². The molecule has 17 heteroatoms. The van der Waals surface area contributed by atoms with Gasteiger partial charge in [0.25, 0.3) is 0 Å². The number of hydrogen-bond acceptors (Lipinski definition) is 17. The van der Waals surface area contributed by atoms with Crippen molar-refractivity contribution in [1.29, 1.82) is 0 Å². The molecule has 1 unspecified atom stereocenters. The summed E-state index contributed by atoms with van der Waals surface area (Å²) < 4.78 is 56.6. The minimum absolute atomic E-state index is 0.0635. The fourth-order valence-electron chi connectivity index (χ4n) is 13.3. The molecule has 3 aliphatic heterocycles. The zero-order valence-corrected chi connectivity index (χ0v) is 32.5. The highest BCUT2D eigenvalue weighted by molar-refractivity contribution is 5.75. The molecule has 7 fully saturated rings. The average molecular weight is 789 g/mol. The van der Waals surface area contributed by atoms with Gasteiger partial charge in [0.2, 0.25) is 5.60 Å². The molecule has 4 saturated carbocycles. The lowest BCUT2D eigenvalue weighted by Crippen LogP contribution is -2.98. The Kier molecular flexibility index (Phi) is 8.15. The summed E-state index contributed by atoms with van der Waals surface area (Å²) in [7, 11) is 0. The molecular formula is C39H48O17. The maximum atomic E-state index is 14.5. The quantitative estimate of drug-likeness (QED) is 0.270. The summed E-state index contributed by atoms with van der Waals surface area (Å²) in [6, 6.07) is 1.55. The number of carbonyl (C=O) groups is 6. The van der Waals surface area contributed by atoms with Gasteiger partial charge in [-0.25, -0.2) is 0 Å². The molecule has 0 radical (unpaired) electrons. The van der Waals surface area contributed by atoms with E-state index in [0.29, 0.717) is 5.56 Å². The molecule has 0 aromatic carbocycles. The predicted octanol–water partition coefficient (Wildman–Crippen LogP) is 2.12. The minimum atomic E-state index is -2.72. The van der Waals surface area contributed by atoms with Crippen molar-refractivity contribution in [1.82, 2.24) is 0 Å². The number of aliphatic hydroxyl groups is 2. The maximum Gasteiger partial charge on any atom is 0.306 e. The molecule has 7 aliphatic rings. The third-order valence-corrected chi connectivity index (χ3v) is 14.7. The molecule has 0 amide bonds. The van der Waals surface area contributed by atoms with Gasteiger partial charge in [0.1, 0.15) is 35.6 Å². The smallest absolute Gasteiger partial charge is 0.306 e. The van der Waals surface area contributed by atoms with Gasteiger partial charge in [-0.15, -0.1) is 0 Å². The summed E-state index contributed by atoms with van der Waals surface area (Å²) in [6.07, 6.45) is -6.33. The highest BCUT2D eigenvalue weighted by Gasteiger charge is 3.05. The van der Waals surface area contributed by atoms with Gasteiger partial charge < -0.3 is 52.5 Å². The van der Waals surface area contributed by atoms with E-state index in [-0.39, 0.29) is 25.7 Å². The Bertz CT molecular complexity index is 1910. The highest BCUT2D eigenvalue weighted by Crippen LogP contribution is 2.88. The zero-order valence-electron chi connectivity index (χ0n) is 32.5. The van der Waals surface area contributed by atoms with Crippen LogP contribution >= 0.6 is 0 Å². The highest BCUT2D eigenvalue weighted by atomic mass is 16.8. The fraction of sp³-hybridized carbons (Fsp3) is 0.744. The van der Waals surface area contributed by atoms with Crippen molar-refractivity contribution in [3.05, 3.63) is 24.2 Å². The van der Waals surface area contributed by atoms with E-state index in [4.69, 9.17) is 42.3 Å². The fourth-order valence-corrected chi connectivity index (χ4v) is 13.3. The first kappa shape index (κ1) is 38.8. The first-order valence-corrected chi connectivity index (χ1v) is 19.1. The molecule has 1 aromatic rings. The Morgan fingerprint density at radius 2 is 1.62 bits per heavy atom. The van der Waals surface area contributed by atoms with Gasteiger partial charge in [-0.1, -0.05) is 27.7 Å². The second-order valence-corrected chi connectivity index (χ2v) is 17.2. The van der Waals surface area contributed by atoms with Gasteiger partial charge in [0.05, 0.1) is 23.4 Å². The van der Waals surface area contributed by atoms with Crippen LogP contribution in [0.25, 0.3) is 0 Å². The van der Waals surface area contributed by atoms with Crippen molar-refractivity contribution in [3.63, 3.8) is 0 Å². The number of furan rings is 1. The van der Waals surface area contributed by atoms with Crippen LogP contribution < -0.4 is 0 Å². The Morgan fingerprint density at radius 1 is 0.929 bits per heavy atom. The summed E-state index contributed by atoms with van der Waals surface area (Å²) in [5.74, 6) is -8.74. The Balaban J connectivity index is 1.55. The van der Waals surface area contributed by atoms with Gasteiger partial charge in [0, 0.05) is 63.9 Å². The Labute approximate surface area is 321 Å². The molecule has 4 bridgehead atoms. The number of carbonyl (C=O) groups excluding carboxylic acids is 6. The molecule has 8 rings (SSSR count). The van der Waals surface area contributed by atoms with E-state index in [1.54, 1.807) is 33.8 Å². The summed E-state index contributed by atoms with van der Waals surface area (Å²) in [5.41, 5.74) is -14.8. The Hall–Kier alpha value is -4.06. The molecule has 306 valence electrons. The maximum absolute atomic E-state index is 14.5. The van der Waals surface area contributed by atoms with Crippen molar-refractivity contribution in [2.75, 3.05) is 6.61 Å². The topological polar surface area (TPSA) is 230 Å². The predicted molar refractivity (Wildman–Crippen MR) is 181 cm³/mol. The van der Waals surface area contributed by atoms with Gasteiger partial charge >= 0.3 is 35.8 Å². The normalized spacial score (nSPS) is 47.9. The van der Waals surface area contributed by atoms with Crippen LogP contribution in [0, 0.1) is 28.1 Å². The van der Waals surface area contributed by atoms with Crippen LogP contribution in [0.3, 0.4) is 0 Å². The first-order valence-electron chi connectivity index (χ1n) is 19.1. The van der Waals surface area contributed by atoms with Gasteiger partial charge in [0.15, 0.2) is 24.1 Å². The van der Waals surface area contributed by atoms with Crippen molar-refractivity contribution in [2.24, 2.45) is 28.1 Å². The van der Waals surface area contributed by atoms with Crippen LogP contribution in [0.15, 0.2) is 23.0 Å². The molecule has 4 heterocycles. The number of ether oxygens (including phenoxy) is 8. The number of rotatable bonds is 9. The van der Waals surface area contributed by atoms with Crippen molar-refractivity contribution >= 4 is 35.8 Å². The average Bonchev–Trinajstić information content (AvgIpc) is 3.92. The van der Waals surface area contributed by atoms with Crippen molar-refractivity contribution < 1.29 is 81.3 Å². The van der Waals surface area contributed by atoms with E-state index in [1.165, 1.54) is 19.5 Å². The Morgan fingerprint density at radius 3 is 2.20 bits per heavy atom. The summed E-state index contributed by atoms with van der Waals surface area (Å²) in [4.78, 5) is 80.3. The van der Waals surface area contributed by atoms with E-state index < -0.39 is 136 Å². The number of hydrogen-bond donors (Lipinski definition) is 2. The molecule has 15 atom stereocenters. The molecular weight excluding hydrogens is 740 g/mol. The van der Waals surface area contributed by atoms with Crippen LogP contribution in [0.2, 0.25) is 0 Å². The van der Waals surface area contributed by atoms with Gasteiger partial charge in [-0.2, -0.15) is 0 Å². The zero-order chi connectivity index (χ0) is 40.8. The lowest BCUT2D eigenvalue weighted by atomic mass is 9.32. The molecule has 56 heavy (non-hydrogen) atoms. The molecule has 17 nitrogen and oxygen atoms in total. The summed E-state index contributed by atoms with van der Waals surface area (Å²) in [6.45, 7) is 10.5. The number of fused-ring (bicyclic) bond motifs is 4. The van der Waals surface area contributed by atoms with Crippen LogP contribution in [-0.2, 0) is 66.7 Å². The number of cyclic esters (lactones) is 1. The summed E-state index contributed by atoms with van der Waals surface area (Å²) >= 11 is 0. The monoisotopic (exact) mass is 788 g/mol. The van der Waals surface area contributed by atoms with E-state index in [0.717, 1.165) is 20.8 Å². The SMILES string of the molecule is CCC(=O)O[C@H]1[C@@H](OC(C)=O)[C@@]2(O)[C@@]34OC(CC)(C[C@@H]3[C@]1(C)[C@@H](OC(C)=O)c1ccoc1)O[C@@H]4[C@@]1(OC(C)=O)[C@@H](OC(C)=O)[C@]3(C)C[C@@]1(O)[C@]21COC(=O)C[C@@H]31.